The van der Waals surface area contributed by atoms with Crippen molar-refractivity contribution >= 4 is 5.97 Å². The van der Waals surface area contributed by atoms with Crippen molar-refractivity contribution in [2.45, 2.75) is 50.7 Å². The number of ether oxygens (including phenoxy) is 2. The van der Waals surface area contributed by atoms with E-state index in [1.54, 1.807) is 0 Å². The van der Waals surface area contributed by atoms with Gasteiger partial charge >= 0.3 is 5.97 Å². The van der Waals surface area contributed by atoms with Gasteiger partial charge in [-0.15, -0.1) is 0 Å². The summed E-state index contributed by atoms with van der Waals surface area (Å²) in [6.07, 6.45) is 2.40. The van der Waals surface area contributed by atoms with Gasteiger partial charge in [-0.05, 0) is 33.1 Å². The minimum Gasteiger partial charge on any atom is -0.465 e. The topological polar surface area (TPSA) is 64.8 Å². The standard InChI is InChI=1S/C13H24N2O3/c1-3-18-12(16)13(14)5-4-11(8-13)15-6-7-17-9-10(15)2/h10-11H,3-9,14H2,1-2H3. The van der Waals surface area contributed by atoms with Crippen LogP contribution in [0.2, 0.25) is 0 Å². The smallest absolute Gasteiger partial charge is 0.326 e. The van der Waals surface area contributed by atoms with Crippen LogP contribution in [-0.2, 0) is 14.3 Å². The Balaban J connectivity index is 1.96. The molecule has 0 aromatic rings. The van der Waals surface area contributed by atoms with Crippen LogP contribution >= 0.6 is 0 Å². The van der Waals surface area contributed by atoms with Crippen molar-refractivity contribution in [3.8, 4) is 0 Å². The summed E-state index contributed by atoms with van der Waals surface area (Å²) in [5.41, 5.74) is 5.42. The lowest BCUT2D eigenvalue weighted by molar-refractivity contribution is -0.149. The largest absolute Gasteiger partial charge is 0.465 e. The second-order valence-electron chi connectivity index (χ2n) is 5.43. The summed E-state index contributed by atoms with van der Waals surface area (Å²) >= 11 is 0. The maximum Gasteiger partial charge on any atom is 0.326 e. The van der Waals surface area contributed by atoms with E-state index < -0.39 is 5.54 Å². The van der Waals surface area contributed by atoms with Gasteiger partial charge in [0.25, 0.3) is 0 Å². The van der Waals surface area contributed by atoms with Crippen molar-refractivity contribution in [3.63, 3.8) is 0 Å². The van der Waals surface area contributed by atoms with E-state index in [1.165, 1.54) is 0 Å². The number of hydrogen-bond donors (Lipinski definition) is 1. The van der Waals surface area contributed by atoms with Crippen LogP contribution in [-0.4, -0.2) is 54.9 Å². The average molecular weight is 256 g/mol. The number of esters is 1. The van der Waals surface area contributed by atoms with Crippen molar-refractivity contribution < 1.29 is 14.3 Å². The van der Waals surface area contributed by atoms with Crippen molar-refractivity contribution in [2.75, 3.05) is 26.4 Å². The summed E-state index contributed by atoms with van der Waals surface area (Å²) in [4.78, 5) is 14.3. The van der Waals surface area contributed by atoms with E-state index >= 15 is 0 Å². The van der Waals surface area contributed by atoms with E-state index in [9.17, 15) is 4.79 Å². The Hall–Kier alpha value is -0.650. The highest BCUT2D eigenvalue weighted by atomic mass is 16.5. The Labute approximate surface area is 109 Å². The lowest BCUT2D eigenvalue weighted by Gasteiger charge is -2.38. The normalized spacial score (nSPS) is 37.7. The molecule has 2 aliphatic rings. The Morgan fingerprint density at radius 3 is 3.06 bits per heavy atom. The number of nitrogens with zero attached hydrogens (tertiary/aromatic N) is 1. The molecule has 0 spiro atoms. The summed E-state index contributed by atoms with van der Waals surface area (Å²) in [5.74, 6) is -0.242. The molecule has 2 rings (SSSR count). The Morgan fingerprint density at radius 2 is 2.39 bits per heavy atom. The molecule has 18 heavy (non-hydrogen) atoms. The molecule has 3 unspecified atom stereocenters. The number of morpholine rings is 1. The quantitative estimate of drug-likeness (QED) is 0.746. The third-order valence-electron chi connectivity index (χ3n) is 4.09. The molecule has 3 atom stereocenters. The first kappa shape index (κ1) is 13.8. The third kappa shape index (κ3) is 2.68. The zero-order valence-corrected chi connectivity index (χ0v) is 11.4. The van der Waals surface area contributed by atoms with Gasteiger partial charge in [0.15, 0.2) is 0 Å². The summed E-state index contributed by atoms with van der Waals surface area (Å²) in [6.45, 7) is 6.87. The summed E-state index contributed by atoms with van der Waals surface area (Å²) < 4.78 is 10.5. The summed E-state index contributed by atoms with van der Waals surface area (Å²) in [5, 5.41) is 0. The first-order valence-corrected chi connectivity index (χ1v) is 6.86. The monoisotopic (exact) mass is 256 g/mol. The Bertz CT molecular complexity index is 311. The van der Waals surface area contributed by atoms with Crippen LogP contribution in [0.3, 0.4) is 0 Å². The van der Waals surface area contributed by atoms with Gasteiger partial charge in [-0.25, -0.2) is 0 Å². The third-order valence-corrected chi connectivity index (χ3v) is 4.09. The van der Waals surface area contributed by atoms with Gasteiger partial charge in [0, 0.05) is 18.6 Å². The number of carbonyl (C=O) groups is 1. The minimum atomic E-state index is -0.779. The van der Waals surface area contributed by atoms with Gasteiger partial charge in [0.2, 0.25) is 0 Å². The second kappa shape index (κ2) is 5.55. The molecule has 0 aromatic carbocycles. The highest BCUT2D eigenvalue weighted by Gasteiger charge is 2.45. The highest BCUT2D eigenvalue weighted by Crippen LogP contribution is 2.33. The molecular weight excluding hydrogens is 232 g/mol. The molecule has 0 amide bonds. The molecule has 0 aromatic heterocycles. The first-order chi connectivity index (χ1) is 8.57. The second-order valence-corrected chi connectivity index (χ2v) is 5.43. The highest BCUT2D eigenvalue weighted by molar-refractivity contribution is 5.81. The van der Waals surface area contributed by atoms with Gasteiger partial charge in [0.05, 0.1) is 19.8 Å². The molecular formula is C13H24N2O3. The van der Waals surface area contributed by atoms with Gasteiger partial charge in [0.1, 0.15) is 5.54 Å². The maximum absolute atomic E-state index is 11.9. The number of nitrogens with two attached hydrogens (primary N) is 1. The molecule has 0 radical (unpaired) electrons. The van der Waals surface area contributed by atoms with Gasteiger partial charge < -0.3 is 15.2 Å². The zero-order chi connectivity index (χ0) is 13.2. The number of rotatable bonds is 3. The SMILES string of the molecule is CCOC(=O)C1(N)CCC(N2CCOCC2C)C1. The summed E-state index contributed by atoms with van der Waals surface area (Å²) in [6, 6.07) is 0.798. The van der Waals surface area contributed by atoms with E-state index in [2.05, 4.69) is 11.8 Å². The molecule has 2 fully saturated rings. The fraction of sp³-hybridized carbons (Fsp3) is 0.923. The molecule has 104 valence electrons. The molecule has 2 N–H and O–H groups in total. The van der Waals surface area contributed by atoms with E-state index in [1.807, 2.05) is 6.92 Å². The zero-order valence-electron chi connectivity index (χ0n) is 11.4. The minimum absolute atomic E-state index is 0.242. The van der Waals surface area contributed by atoms with Crippen LogP contribution in [0.5, 0.6) is 0 Å². The Kier molecular flexibility index (Phi) is 4.25. The van der Waals surface area contributed by atoms with Crippen molar-refractivity contribution in [1.82, 2.24) is 4.90 Å². The molecule has 1 aliphatic carbocycles. The van der Waals surface area contributed by atoms with Gasteiger partial charge in [-0.3, -0.25) is 9.69 Å². The fourth-order valence-electron chi connectivity index (χ4n) is 3.07. The average Bonchev–Trinajstić information content (AvgIpc) is 2.74. The van der Waals surface area contributed by atoms with E-state index in [4.69, 9.17) is 15.2 Å². The molecule has 1 aliphatic heterocycles. The molecule has 1 saturated carbocycles. The lowest BCUT2D eigenvalue weighted by Crippen LogP contribution is -2.52. The number of carbonyl (C=O) groups excluding carboxylic acids is 1. The van der Waals surface area contributed by atoms with Crippen LogP contribution in [0.15, 0.2) is 0 Å². The van der Waals surface area contributed by atoms with Gasteiger partial charge in [-0.2, -0.15) is 0 Å². The van der Waals surface area contributed by atoms with Crippen molar-refractivity contribution in [2.24, 2.45) is 5.73 Å². The molecule has 5 nitrogen and oxygen atoms in total. The van der Waals surface area contributed by atoms with Crippen LogP contribution in [0.1, 0.15) is 33.1 Å². The number of hydrogen-bond acceptors (Lipinski definition) is 5. The predicted octanol–water partition coefficient (Wildman–Crippen LogP) is 0.520. The van der Waals surface area contributed by atoms with Crippen LogP contribution < -0.4 is 5.73 Å². The van der Waals surface area contributed by atoms with Crippen molar-refractivity contribution in [3.05, 3.63) is 0 Å². The molecule has 1 heterocycles. The van der Waals surface area contributed by atoms with E-state index in [0.717, 1.165) is 32.6 Å². The maximum atomic E-state index is 11.9. The predicted molar refractivity (Wildman–Crippen MR) is 68.2 cm³/mol. The van der Waals surface area contributed by atoms with Gasteiger partial charge in [-0.1, -0.05) is 0 Å². The lowest BCUT2D eigenvalue weighted by atomic mass is 9.98. The van der Waals surface area contributed by atoms with E-state index in [-0.39, 0.29) is 5.97 Å². The Morgan fingerprint density at radius 1 is 1.61 bits per heavy atom. The van der Waals surface area contributed by atoms with Crippen LogP contribution in [0.25, 0.3) is 0 Å². The summed E-state index contributed by atoms with van der Waals surface area (Å²) in [7, 11) is 0. The van der Waals surface area contributed by atoms with Crippen LogP contribution in [0.4, 0.5) is 0 Å². The molecule has 0 bridgehead atoms. The fourth-order valence-corrected chi connectivity index (χ4v) is 3.07. The van der Waals surface area contributed by atoms with Crippen LogP contribution in [0, 0.1) is 0 Å². The van der Waals surface area contributed by atoms with E-state index in [0.29, 0.717) is 25.1 Å². The molecule has 1 saturated heterocycles. The van der Waals surface area contributed by atoms with Crippen molar-refractivity contribution in [1.29, 1.82) is 0 Å². The first-order valence-electron chi connectivity index (χ1n) is 6.86. The molecule has 5 heteroatoms.